The Morgan fingerprint density at radius 2 is 1.97 bits per heavy atom. The lowest BCUT2D eigenvalue weighted by Crippen LogP contribution is -2.50. The van der Waals surface area contributed by atoms with E-state index in [4.69, 9.17) is 16.3 Å². The highest BCUT2D eigenvalue weighted by atomic mass is 35.5. The number of hydrogen-bond acceptors (Lipinski definition) is 4. The van der Waals surface area contributed by atoms with E-state index in [1.807, 2.05) is 6.92 Å². The van der Waals surface area contributed by atoms with Crippen LogP contribution in [0.5, 0.6) is 5.75 Å². The molecular formula is C24H31ClN4O4. The number of H-pyrrole nitrogens is 1. The Kier molecular flexibility index (Phi) is 7.12. The van der Waals surface area contributed by atoms with Crippen molar-refractivity contribution in [3.8, 4) is 5.75 Å². The maximum Gasteiger partial charge on any atom is 0.268 e. The average Bonchev–Trinajstić information content (AvgIpc) is 3.49. The van der Waals surface area contributed by atoms with Crippen molar-refractivity contribution in [3.63, 3.8) is 0 Å². The highest BCUT2D eigenvalue weighted by Gasteiger charge is 2.32. The molecule has 1 aliphatic heterocycles. The molecule has 1 saturated carbocycles. The highest BCUT2D eigenvalue weighted by molar-refractivity contribution is 6.35. The first-order chi connectivity index (χ1) is 15.8. The van der Waals surface area contributed by atoms with E-state index in [0.29, 0.717) is 40.7 Å². The predicted molar refractivity (Wildman–Crippen MR) is 126 cm³/mol. The molecule has 8 nitrogen and oxygen atoms in total. The van der Waals surface area contributed by atoms with Gasteiger partial charge in [-0.2, -0.15) is 0 Å². The third-order valence-electron chi connectivity index (χ3n) is 6.45. The monoisotopic (exact) mass is 474 g/mol. The van der Waals surface area contributed by atoms with Gasteiger partial charge in [0.2, 0.25) is 11.8 Å². The Balaban J connectivity index is 1.42. The number of aromatic amines is 1. The number of ether oxygens (including phenoxy) is 1. The number of carbonyl (C=O) groups is 3. The summed E-state index contributed by atoms with van der Waals surface area (Å²) in [7, 11) is 1.56. The predicted octanol–water partition coefficient (Wildman–Crippen LogP) is 3.15. The number of aromatic nitrogens is 1. The van der Waals surface area contributed by atoms with Crippen LogP contribution in [0.15, 0.2) is 18.2 Å². The van der Waals surface area contributed by atoms with Crippen LogP contribution in [0.2, 0.25) is 5.02 Å². The number of amides is 3. The van der Waals surface area contributed by atoms with E-state index in [1.54, 1.807) is 25.3 Å². The van der Waals surface area contributed by atoms with E-state index in [1.165, 1.54) is 0 Å². The molecular weight excluding hydrogens is 444 g/mol. The molecule has 33 heavy (non-hydrogen) atoms. The van der Waals surface area contributed by atoms with Crippen LogP contribution >= 0.6 is 11.6 Å². The minimum absolute atomic E-state index is 0.0549. The molecule has 1 saturated heterocycles. The number of halogens is 1. The third kappa shape index (κ3) is 5.79. The average molecular weight is 475 g/mol. The molecule has 0 spiro atoms. The summed E-state index contributed by atoms with van der Waals surface area (Å²) in [6.45, 7) is 2.63. The summed E-state index contributed by atoms with van der Waals surface area (Å²) in [4.78, 5) is 41.1. The molecule has 4 rings (SSSR count). The molecule has 2 aliphatic rings. The van der Waals surface area contributed by atoms with Crippen molar-refractivity contribution < 1.29 is 19.1 Å². The third-order valence-corrected chi connectivity index (χ3v) is 6.75. The number of hydrogen-bond donors (Lipinski definition) is 4. The summed E-state index contributed by atoms with van der Waals surface area (Å²) in [5, 5.41) is 10.00. The summed E-state index contributed by atoms with van der Waals surface area (Å²) < 4.78 is 5.24. The molecule has 1 aromatic carbocycles. The molecule has 2 fully saturated rings. The lowest BCUT2D eigenvalue weighted by molar-refractivity contribution is -0.128. The number of carbonyl (C=O) groups excluding carboxylic acids is 3. The number of benzene rings is 1. The van der Waals surface area contributed by atoms with Crippen LogP contribution in [0.25, 0.3) is 10.9 Å². The summed E-state index contributed by atoms with van der Waals surface area (Å²) in [5.41, 5.74) is 0.978. The molecule has 2 aromatic rings. The molecule has 3 amide bonds. The normalized spacial score (nSPS) is 20.1. The number of rotatable bonds is 9. The van der Waals surface area contributed by atoms with Crippen molar-refractivity contribution in [1.82, 2.24) is 20.9 Å². The second kappa shape index (κ2) is 10.0. The van der Waals surface area contributed by atoms with Crippen LogP contribution in [0.3, 0.4) is 0 Å². The fourth-order valence-corrected chi connectivity index (χ4v) is 4.72. The Hall–Kier alpha value is -2.74. The quantitative estimate of drug-likeness (QED) is 0.447. The molecule has 3 atom stereocenters. The molecule has 0 unspecified atom stereocenters. The largest absolute Gasteiger partial charge is 0.497 e. The van der Waals surface area contributed by atoms with Gasteiger partial charge >= 0.3 is 0 Å². The highest BCUT2D eigenvalue weighted by Crippen LogP contribution is 2.34. The van der Waals surface area contributed by atoms with E-state index in [9.17, 15) is 14.4 Å². The zero-order chi connectivity index (χ0) is 23.5. The van der Waals surface area contributed by atoms with E-state index in [-0.39, 0.29) is 29.7 Å². The molecule has 0 radical (unpaired) electrons. The first-order valence-electron chi connectivity index (χ1n) is 11.6. The van der Waals surface area contributed by atoms with Crippen LogP contribution in [0.4, 0.5) is 0 Å². The van der Waals surface area contributed by atoms with Gasteiger partial charge in [0.1, 0.15) is 17.5 Å². The van der Waals surface area contributed by atoms with Gasteiger partial charge in [-0.1, -0.05) is 24.4 Å². The zero-order valence-corrected chi connectivity index (χ0v) is 19.8. The van der Waals surface area contributed by atoms with Crippen LogP contribution in [0, 0.1) is 11.8 Å². The molecule has 1 aromatic heterocycles. The van der Waals surface area contributed by atoms with E-state index >= 15 is 0 Å². The van der Waals surface area contributed by atoms with Crippen LogP contribution in [-0.4, -0.2) is 48.4 Å². The van der Waals surface area contributed by atoms with Crippen LogP contribution < -0.4 is 20.7 Å². The van der Waals surface area contributed by atoms with E-state index < -0.39 is 6.04 Å². The van der Waals surface area contributed by atoms with Gasteiger partial charge in [-0.25, -0.2) is 0 Å². The fourth-order valence-electron chi connectivity index (χ4n) is 4.46. The molecule has 9 heteroatoms. The minimum atomic E-state index is -0.635. The Morgan fingerprint density at radius 3 is 2.67 bits per heavy atom. The first kappa shape index (κ1) is 23.4. The van der Waals surface area contributed by atoms with Gasteiger partial charge in [-0.15, -0.1) is 0 Å². The van der Waals surface area contributed by atoms with Crippen molar-refractivity contribution in [3.05, 3.63) is 28.9 Å². The first-order valence-corrected chi connectivity index (χ1v) is 12.0. The van der Waals surface area contributed by atoms with Gasteiger partial charge in [0.15, 0.2) is 0 Å². The van der Waals surface area contributed by atoms with Gasteiger partial charge in [-0.05, 0) is 50.7 Å². The smallest absolute Gasteiger partial charge is 0.268 e. The van der Waals surface area contributed by atoms with E-state index in [0.717, 1.165) is 37.6 Å². The lowest BCUT2D eigenvalue weighted by Gasteiger charge is -2.26. The van der Waals surface area contributed by atoms with Gasteiger partial charge in [-0.3, -0.25) is 14.4 Å². The number of nitrogens with one attached hydrogen (secondary N) is 4. The maximum absolute atomic E-state index is 13.0. The molecule has 178 valence electrons. The van der Waals surface area contributed by atoms with Gasteiger partial charge in [0.25, 0.3) is 5.91 Å². The van der Waals surface area contributed by atoms with Crippen molar-refractivity contribution in [2.45, 2.75) is 57.5 Å². The standard InChI is InChI=1S/C24H31ClN4O4/c1-13(8-15-4-3-7-26-22(15)30)27-23(31)19(9-14-5-6-14)29-24(32)20-11-16-10-17(33-2)12-18(25)21(16)28-20/h10-15,19,28H,3-9H2,1-2H3,(H,26,30)(H,27,31)(H,29,32)/t13-,15+,19+/m1/s1. The van der Waals surface area contributed by atoms with Gasteiger partial charge < -0.3 is 25.7 Å². The lowest BCUT2D eigenvalue weighted by atomic mass is 9.92. The Bertz CT molecular complexity index is 1050. The summed E-state index contributed by atoms with van der Waals surface area (Å²) in [6.07, 6.45) is 5.12. The summed E-state index contributed by atoms with van der Waals surface area (Å²) in [5.74, 6) is 0.445. The van der Waals surface area contributed by atoms with Crippen molar-refractivity contribution in [1.29, 1.82) is 0 Å². The van der Waals surface area contributed by atoms with E-state index in [2.05, 4.69) is 20.9 Å². The molecule has 4 N–H and O–H groups in total. The Labute approximate surface area is 198 Å². The van der Waals surface area contributed by atoms with Crippen molar-refractivity contribution in [2.24, 2.45) is 11.8 Å². The molecule has 0 bridgehead atoms. The van der Waals surface area contributed by atoms with Crippen molar-refractivity contribution >= 4 is 40.2 Å². The van der Waals surface area contributed by atoms with Crippen LogP contribution in [-0.2, 0) is 9.59 Å². The maximum atomic E-state index is 13.0. The van der Waals surface area contributed by atoms with Crippen LogP contribution in [0.1, 0.15) is 55.9 Å². The van der Waals surface area contributed by atoms with Gasteiger partial charge in [0, 0.05) is 30.0 Å². The zero-order valence-electron chi connectivity index (χ0n) is 19.0. The van der Waals surface area contributed by atoms with Crippen molar-refractivity contribution in [2.75, 3.05) is 13.7 Å². The second-order valence-corrected chi connectivity index (χ2v) is 9.64. The summed E-state index contributed by atoms with van der Waals surface area (Å²) in [6, 6.07) is 4.38. The second-order valence-electron chi connectivity index (χ2n) is 9.24. The number of piperidine rings is 1. The molecule has 1 aliphatic carbocycles. The number of methoxy groups -OCH3 is 1. The minimum Gasteiger partial charge on any atom is -0.497 e. The SMILES string of the molecule is COc1cc(Cl)c2[nH]c(C(=O)N[C@@H](CC3CC3)C(=O)N[C@H](C)C[C@@H]3CCCNC3=O)cc2c1. The molecule has 2 heterocycles. The van der Waals surface area contributed by atoms with Gasteiger partial charge in [0.05, 0.1) is 17.6 Å². The number of fused-ring (bicyclic) bond motifs is 1. The topological polar surface area (TPSA) is 112 Å². The summed E-state index contributed by atoms with van der Waals surface area (Å²) >= 11 is 6.30. The Morgan fingerprint density at radius 1 is 1.18 bits per heavy atom. The fraction of sp³-hybridized carbons (Fsp3) is 0.542.